The molecule has 0 bridgehead atoms. The summed E-state index contributed by atoms with van der Waals surface area (Å²) < 4.78 is 17.8. The number of methoxy groups -OCH3 is 1. The highest BCUT2D eigenvalue weighted by Gasteiger charge is 2.36. The molecule has 2 aliphatic heterocycles. The van der Waals surface area contributed by atoms with Gasteiger partial charge >= 0.3 is 0 Å². The number of hydrogen-bond donors (Lipinski definition) is 1. The second-order valence-corrected chi connectivity index (χ2v) is 9.55. The van der Waals surface area contributed by atoms with Crippen molar-refractivity contribution < 1.29 is 19.0 Å². The number of thioether (sulfide) groups is 1. The van der Waals surface area contributed by atoms with Crippen LogP contribution in [0, 0.1) is 11.3 Å². The molecule has 10 heteroatoms. The molecule has 2 aliphatic rings. The number of nitrogens with zero attached hydrogens (tertiary/aromatic N) is 3. The summed E-state index contributed by atoms with van der Waals surface area (Å²) in [5.74, 6) is 1.52. The van der Waals surface area contributed by atoms with Crippen molar-refractivity contribution in [2.24, 2.45) is 16.0 Å². The third-order valence-corrected chi connectivity index (χ3v) is 6.61. The summed E-state index contributed by atoms with van der Waals surface area (Å²) in [5, 5.41) is 15.7. The Morgan fingerprint density at radius 3 is 2.53 bits per heavy atom. The summed E-state index contributed by atoms with van der Waals surface area (Å²) in [7, 11) is 1.59. The normalized spacial score (nSPS) is 16.5. The van der Waals surface area contributed by atoms with Gasteiger partial charge in [-0.2, -0.15) is 15.1 Å². The number of ether oxygens (including phenoxy) is 3. The molecule has 0 saturated heterocycles. The van der Waals surface area contributed by atoms with Crippen molar-refractivity contribution in [3.63, 3.8) is 0 Å². The molecule has 0 radical (unpaired) electrons. The molecule has 0 unspecified atom stereocenters. The maximum atomic E-state index is 12.7. The molecule has 0 aliphatic carbocycles. The number of hydrazone groups is 1. The van der Waals surface area contributed by atoms with Crippen LogP contribution in [-0.4, -0.2) is 47.3 Å². The Bertz CT molecular complexity index is 1230. The van der Waals surface area contributed by atoms with E-state index in [1.807, 2.05) is 50.2 Å². The Labute approximate surface area is 210 Å². The van der Waals surface area contributed by atoms with E-state index in [0.29, 0.717) is 34.6 Å². The molecule has 0 fully saturated rings. The number of para-hydroxylation sites is 2. The highest BCUT2D eigenvalue weighted by molar-refractivity contribution is 9.10. The van der Waals surface area contributed by atoms with E-state index in [0.717, 1.165) is 9.52 Å². The van der Waals surface area contributed by atoms with Gasteiger partial charge in [0.25, 0.3) is 5.91 Å². The SMILES string of the molecule is COc1ccccc1OCCOc1ccc(Br)cc1/C=C1/C(=N)N2N=C(C(C)C)SC2=NC1=O. The molecule has 0 spiro atoms. The average molecular weight is 543 g/mol. The fraction of sp³-hybridized carbons (Fsp3) is 0.250. The zero-order valence-electron chi connectivity index (χ0n) is 18.9. The van der Waals surface area contributed by atoms with Gasteiger partial charge in [-0.15, -0.1) is 0 Å². The maximum Gasteiger partial charge on any atom is 0.283 e. The maximum absolute atomic E-state index is 12.7. The minimum absolute atomic E-state index is 0.0106. The lowest BCUT2D eigenvalue weighted by atomic mass is 10.1. The van der Waals surface area contributed by atoms with Gasteiger partial charge in [0.15, 0.2) is 17.3 Å². The lowest BCUT2D eigenvalue weighted by molar-refractivity contribution is -0.114. The summed E-state index contributed by atoms with van der Waals surface area (Å²) >= 11 is 4.78. The van der Waals surface area contributed by atoms with E-state index in [4.69, 9.17) is 19.6 Å². The Hall–Kier alpha value is -3.11. The highest BCUT2D eigenvalue weighted by Crippen LogP contribution is 2.32. The minimum atomic E-state index is -0.477. The van der Waals surface area contributed by atoms with E-state index in [1.165, 1.54) is 16.8 Å². The zero-order chi connectivity index (χ0) is 24.2. The molecule has 0 aromatic heterocycles. The Morgan fingerprint density at radius 2 is 1.82 bits per heavy atom. The van der Waals surface area contributed by atoms with E-state index in [-0.39, 0.29) is 23.9 Å². The van der Waals surface area contributed by atoms with Gasteiger partial charge in [-0.3, -0.25) is 10.2 Å². The standard InChI is InChI=1S/C24H23BrN4O4S/c1-14(2)23-28-29-21(26)17(22(30)27-24(29)34-23)13-15-12-16(25)8-9-18(15)32-10-11-33-20-7-5-4-6-19(20)31-3/h4-9,12-14,26H,10-11H2,1-3H3/b17-13-,26-21?. The third kappa shape index (κ3) is 5.18. The van der Waals surface area contributed by atoms with Crippen LogP contribution < -0.4 is 14.2 Å². The first-order chi connectivity index (χ1) is 16.4. The molecule has 1 amide bonds. The van der Waals surface area contributed by atoms with Gasteiger partial charge in [-0.25, -0.2) is 0 Å². The predicted octanol–water partition coefficient (Wildman–Crippen LogP) is 5.19. The van der Waals surface area contributed by atoms with E-state index in [2.05, 4.69) is 26.0 Å². The van der Waals surface area contributed by atoms with Gasteiger partial charge in [0.2, 0.25) is 5.17 Å². The van der Waals surface area contributed by atoms with Crippen LogP contribution in [-0.2, 0) is 4.79 Å². The second-order valence-electron chi connectivity index (χ2n) is 7.64. The first-order valence-corrected chi connectivity index (χ1v) is 12.2. The summed E-state index contributed by atoms with van der Waals surface area (Å²) in [4.78, 5) is 16.9. The third-order valence-electron chi connectivity index (χ3n) is 4.90. The lowest BCUT2D eigenvalue weighted by Gasteiger charge is -2.20. The molecule has 34 heavy (non-hydrogen) atoms. The van der Waals surface area contributed by atoms with Gasteiger partial charge in [0.05, 0.1) is 12.7 Å². The number of benzene rings is 2. The van der Waals surface area contributed by atoms with Crippen LogP contribution in [0.2, 0.25) is 0 Å². The first kappa shape index (κ1) is 24.0. The number of nitrogens with one attached hydrogen (secondary N) is 1. The molecule has 176 valence electrons. The van der Waals surface area contributed by atoms with Crippen LogP contribution in [0.1, 0.15) is 19.4 Å². The van der Waals surface area contributed by atoms with Crippen LogP contribution in [0.25, 0.3) is 6.08 Å². The topological polar surface area (TPSA) is 96.6 Å². The van der Waals surface area contributed by atoms with Gasteiger partial charge in [-0.1, -0.05) is 41.9 Å². The number of aliphatic imine (C=N–C) groups is 1. The number of rotatable bonds is 8. The van der Waals surface area contributed by atoms with Crippen molar-refractivity contribution in [3.05, 3.63) is 58.1 Å². The molecular formula is C24H23BrN4O4S. The van der Waals surface area contributed by atoms with Crippen molar-refractivity contribution in [1.82, 2.24) is 5.01 Å². The fourth-order valence-electron chi connectivity index (χ4n) is 3.20. The van der Waals surface area contributed by atoms with Crippen molar-refractivity contribution in [1.29, 1.82) is 5.41 Å². The molecule has 8 nitrogen and oxygen atoms in total. The van der Waals surface area contributed by atoms with E-state index >= 15 is 0 Å². The minimum Gasteiger partial charge on any atom is -0.493 e. The zero-order valence-corrected chi connectivity index (χ0v) is 21.3. The first-order valence-electron chi connectivity index (χ1n) is 10.6. The van der Waals surface area contributed by atoms with Crippen LogP contribution in [0.5, 0.6) is 17.2 Å². The molecule has 1 N–H and O–H groups in total. The Kier molecular flexibility index (Phi) is 7.38. The van der Waals surface area contributed by atoms with Crippen LogP contribution >= 0.6 is 27.7 Å². The van der Waals surface area contributed by atoms with Gasteiger partial charge in [0, 0.05) is 16.0 Å². The van der Waals surface area contributed by atoms with Crippen molar-refractivity contribution in [2.45, 2.75) is 13.8 Å². The Balaban J connectivity index is 1.51. The summed E-state index contributed by atoms with van der Waals surface area (Å²) in [6.07, 6.45) is 1.61. The smallest absolute Gasteiger partial charge is 0.283 e. The number of fused-ring (bicyclic) bond motifs is 1. The lowest BCUT2D eigenvalue weighted by Crippen LogP contribution is -2.35. The van der Waals surface area contributed by atoms with E-state index in [1.54, 1.807) is 19.3 Å². The average Bonchev–Trinajstić information content (AvgIpc) is 3.25. The highest BCUT2D eigenvalue weighted by atomic mass is 79.9. The summed E-state index contributed by atoms with van der Waals surface area (Å²) in [6, 6.07) is 12.9. The van der Waals surface area contributed by atoms with E-state index < -0.39 is 5.91 Å². The van der Waals surface area contributed by atoms with Crippen molar-refractivity contribution >= 4 is 55.7 Å². The Morgan fingerprint density at radius 1 is 1.12 bits per heavy atom. The molecule has 2 heterocycles. The van der Waals surface area contributed by atoms with Crippen molar-refractivity contribution in [3.8, 4) is 17.2 Å². The molecule has 0 atom stereocenters. The molecule has 2 aromatic rings. The van der Waals surface area contributed by atoms with Crippen LogP contribution in [0.3, 0.4) is 0 Å². The quantitative estimate of drug-likeness (QED) is 0.364. The van der Waals surface area contributed by atoms with Crippen LogP contribution in [0.4, 0.5) is 0 Å². The number of hydrogen-bond acceptors (Lipinski definition) is 7. The number of amides is 1. The monoisotopic (exact) mass is 542 g/mol. The van der Waals surface area contributed by atoms with E-state index in [9.17, 15) is 4.79 Å². The summed E-state index contributed by atoms with van der Waals surface area (Å²) in [5.41, 5.74) is 0.782. The fourth-order valence-corrected chi connectivity index (χ4v) is 4.47. The summed E-state index contributed by atoms with van der Waals surface area (Å²) in [6.45, 7) is 4.59. The number of carbonyl (C=O) groups excluding carboxylic acids is 1. The predicted molar refractivity (Wildman–Crippen MR) is 138 cm³/mol. The molecule has 4 rings (SSSR count). The number of carbonyl (C=O) groups is 1. The van der Waals surface area contributed by atoms with Gasteiger partial charge in [0.1, 0.15) is 24.0 Å². The largest absolute Gasteiger partial charge is 0.493 e. The number of amidine groups is 2. The molecule has 0 saturated carbocycles. The van der Waals surface area contributed by atoms with Gasteiger partial charge in [-0.05, 0) is 48.2 Å². The second kappa shape index (κ2) is 10.4. The van der Waals surface area contributed by atoms with Crippen molar-refractivity contribution in [2.75, 3.05) is 20.3 Å². The molecule has 2 aromatic carbocycles. The van der Waals surface area contributed by atoms with Gasteiger partial charge < -0.3 is 14.2 Å². The molecular weight excluding hydrogens is 520 g/mol. The van der Waals surface area contributed by atoms with Crippen LogP contribution in [0.15, 0.2) is 62.6 Å². The number of halogens is 1.